The molecule has 0 aliphatic rings. The van der Waals surface area contributed by atoms with Gasteiger partial charge in [0.05, 0.1) is 16.9 Å². The van der Waals surface area contributed by atoms with E-state index in [-0.39, 0.29) is 6.04 Å². The second kappa shape index (κ2) is 5.38. The van der Waals surface area contributed by atoms with Gasteiger partial charge in [-0.15, -0.1) is 0 Å². The summed E-state index contributed by atoms with van der Waals surface area (Å²) >= 11 is 9.43. The molecule has 1 unspecified atom stereocenters. The summed E-state index contributed by atoms with van der Waals surface area (Å²) in [5, 5.41) is 15.0. The molecule has 2 rings (SSSR count). The number of hydrogen-bond acceptors (Lipinski definition) is 3. The Bertz CT molecular complexity index is 556. The summed E-state index contributed by atoms with van der Waals surface area (Å²) in [6.45, 7) is 3.97. The molecule has 0 fully saturated rings. The van der Waals surface area contributed by atoms with Crippen LogP contribution in [0.4, 0.5) is 0 Å². The Morgan fingerprint density at radius 2 is 2.06 bits per heavy atom. The van der Waals surface area contributed by atoms with E-state index >= 15 is 0 Å². The smallest absolute Gasteiger partial charge is 0.124 e. The number of rotatable bonds is 3. The van der Waals surface area contributed by atoms with Crippen molar-refractivity contribution in [3.63, 3.8) is 0 Å². The Morgan fingerprint density at radius 1 is 1.33 bits per heavy atom. The van der Waals surface area contributed by atoms with Crippen LogP contribution in [0.2, 0.25) is 5.02 Å². The van der Waals surface area contributed by atoms with Gasteiger partial charge in [-0.05, 0) is 35.8 Å². The summed E-state index contributed by atoms with van der Waals surface area (Å²) in [5.74, 6) is 0. The highest BCUT2D eigenvalue weighted by molar-refractivity contribution is 9.10. The quantitative estimate of drug-likeness (QED) is 0.939. The van der Waals surface area contributed by atoms with Crippen LogP contribution in [-0.2, 0) is 0 Å². The van der Waals surface area contributed by atoms with E-state index in [4.69, 9.17) is 11.6 Å². The highest BCUT2D eigenvalue weighted by Crippen LogP contribution is 2.30. The topological polar surface area (TPSA) is 50.9 Å². The second-order valence-corrected chi connectivity index (χ2v) is 5.58. The Balaban J connectivity index is 2.45. The summed E-state index contributed by atoms with van der Waals surface area (Å²) in [6.07, 6.45) is 3.99. The third-order valence-corrected chi connectivity index (χ3v) is 3.30. The van der Waals surface area contributed by atoms with Gasteiger partial charge in [-0.25, -0.2) is 0 Å². The lowest BCUT2D eigenvalue weighted by molar-refractivity contribution is 0.204. The molecule has 18 heavy (non-hydrogen) atoms. The molecule has 2 aromatic rings. The van der Waals surface area contributed by atoms with Gasteiger partial charge < -0.3 is 5.11 Å². The summed E-state index contributed by atoms with van der Waals surface area (Å²) in [7, 11) is 0. The first-order valence-corrected chi connectivity index (χ1v) is 6.69. The maximum absolute atomic E-state index is 10.4. The maximum atomic E-state index is 10.4. The van der Waals surface area contributed by atoms with Gasteiger partial charge >= 0.3 is 0 Å². The number of aliphatic hydroxyl groups excluding tert-OH is 1. The van der Waals surface area contributed by atoms with Crippen molar-refractivity contribution in [3.05, 3.63) is 45.4 Å². The number of aromatic nitrogens is 3. The molecule has 0 bridgehead atoms. The van der Waals surface area contributed by atoms with Crippen molar-refractivity contribution >= 4 is 27.5 Å². The van der Waals surface area contributed by atoms with E-state index in [9.17, 15) is 5.11 Å². The minimum Gasteiger partial charge on any atom is -0.382 e. The monoisotopic (exact) mass is 329 g/mol. The van der Waals surface area contributed by atoms with Crippen LogP contribution in [0.1, 0.15) is 37.3 Å². The second-order valence-electron chi connectivity index (χ2n) is 4.26. The molecule has 0 radical (unpaired) electrons. The average molecular weight is 331 g/mol. The average Bonchev–Trinajstić information content (AvgIpc) is 2.70. The molecule has 4 nitrogen and oxygen atoms in total. The first kappa shape index (κ1) is 13.5. The number of nitrogens with zero attached hydrogens (tertiary/aromatic N) is 3. The van der Waals surface area contributed by atoms with Crippen LogP contribution in [0, 0.1) is 0 Å². The van der Waals surface area contributed by atoms with Crippen molar-refractivity contribution in [2.75, 3.05) is 0 Å². The standard InChI is InChI=1S/C12H13BrClN3O/c1-7(2)17-11(10(14)6-16-17)12(18)8-3-9(13)5-15-4-8/h3-7,12,18H,1-2H3. The SMILES string of the molecule is CC(C)n1ncc(Cl)c1C(O)c1cncc(Br)c1. The van der Waals surface area contributed by atoms with Gasteiger partial charge in [0.25, 0.3) is 0 Å². The third kappa shape index (κ3) is 2.58. The zero-order valence-corrected chi connectivity index (χ0v) is 12.4. The van der Waals surface area contributed by atoms with E-state index in [1.54, 1.807) is 23.3 Å². The maximum Gasteiger partial charge on any atom is 0.124 e. The number of halogens is 2. The number of pyridine rings is 1. The lowest BCUT2D eigenvalue weighted by Gasteiger charge is -2.16. The third-order valence-electron chi connectivity index (χ3n) is 2.58. The molecule has 1 N–H and O–H groups in total. The Kier molecular flexibility index (Phi) is 4.04. The molecule has 2 heterocycles. The van der Waals surface area contributed by atoms with Gasteiger partial charge in [-0.1, -0.05) is 11.6 Å². The Morgan fingerprint density at radius 3 is 2.67 bits per heavy atom. The lowest BCUT2D eigenvalue weighted by atomic mass is 10.1. The fraction of sp³-hybridized carbons (Fsp3) is 0.333. The fourth-order valence-electron chi connectivity index (χ4n) is 1.75. The van der Waals surface area contributed by atoms with Crippen LogP contribution in [0.3, 0.4) is 0 Å². The van der Waals surface area contributed by atoms with Crippen LogP contribution in [0.5, 0.6) is 0 Å². The van der Waals surface area contributed by atoms with Gasteiger partial charge in [0.2, 0.25) is 0 Å². The normalized spacial score (nSPS) is 13.0. The Hall–Kier alpha value is -0.910. The van der Waals surface area contributed by atoms with Gasteiger partial charge in [0.1, 0.15) is 6.10 Å². The zero-order valence-electron chi connectivity index (χ0n) is 10.0. The van der Waals surface area contributed by atoms with E-state index in [0.717, 1.165) is 4.47 Å². The summed E-state index contributed by atoms with van der Waals surface area (Å²) in [5.41, 5.74) is 1.26. The highest BCUT2D eigenvalue weighted by atomic mass is 79.9. The first-order valence-electron chi connectivity index (χ1n) is 5.52. The molecule has 0 spiro atoms. The molecule has 2 aromatic heterocycles. The molecular formula is C12H13BrClN3O. The van der Waals surface area contributed by atoms with Crippen molar-refractivity contribution in [1.29, 1.82) is 0 Å². The van der Waals surface area contributed by atoms with Crippen molar-refractivity contribution in [1.82, 2.24) is 14.8 Å². The van der Waals surface area contributed by atoms with Gasteiger partial charge in [-0.2, -0.15) is 5.10 Å². The van der Waals surface area contributed by atoms with E-state index in [2.05, 4.69) is 26.0 Å². The van der Waals surface area contributed by atoms with Gasteiger partial charge in [-0.3, -0.25) is 9.67 Å². The number of hydrogen-bond donors (Lipinski definition) is 1. The van der Waals surface area contributed by atoms with E-state index in [1.165, 1.54) is 0 Å². The summed E-state index contributed by atoms with van der Waals surface area (Å²) < 4.78 is 2.53. The molecule has 96 valence electrons. The van der Waals surface area contributed by atoms with Gasteiger partial charge in [0, 0.05) is 28.5 Å². The van der Waals surface area contributed by atoms with Crippen LogP contribution < -0.4 is 0 Å². The first-order chi connectivity index (χ1) is 8.50. The van der Waals surface area contributed by atoms with Gasteiger partial charge in [0.15, 0.2) is 0 Å². The van der Waals surface area contributed by atoms with Crippen LogP contribution in [-0.4, -0.2) is 19.9 Å². The predicted octanol–water partition coefficient (Wildman–Crippen LogP) is 3.36. The van der Waals surface area contributed by atoms with Crippen LogP contribution >= 0.6 is 27.5 Å². The fourth-order valence-corrected chi connectivity index (χ4v) is 2.37. The molecule has 0 aromatic carbocycles. The molecule has 0 amide bonds. The van der Waals surface area contributed by atoms with Crippen molar-refractivity contribution < 1.29 is 5.11 Å². The van der Waals surface area contributed by atoms with E-state index < -0.39 is 6.10 Å². The van der Waals surface area contributed by atoms with E-state index in [0.29, 0.717) is 16.3 Å². The Labute approximate surface area is 119 Å². The van der Waals surface area contributed by atoms with E-state index in [1.807, 2.05) is 19.9 Å². The predicted molar refractivity (Wildman–Crippen MR) is 73.6 cm³/mol. The summed E-state index contributed by atoms with van der Waals surface area (Å²) in [4.78, 5) is 4.04. The van der Waals surface area contributed by atoms with Crippen molar-refractivity contribution in [2.24, 2.45) is 0 Å². The van der Waals surface area contributed by atoms with Crippen LogP contribution in [0.25, 0.3) is 0 Å². The van der Waals surface area contributed by atoms with Crippen LogP contribution in [0.15, 0.2) is 29.1 Å². The zero-order chi connectivity index (χ0) is 13.3. The summed E-state index contributed by atoms with van der Waals surface area (Å²) in [6, 6.07) is 1.94. The van der Waals surface area contributed by atoms with Crippen molar-refractivity contribution in [3.8, 4) is 0 Å². The lowest BCUT2D eigenvalue weighted by Crippen LogP contribution is -2.12. The molecule has 6 heteroatoms. The molecule has 0 saturated carbocycles. The largest absolute Gasteiger partial charge is 0.382 e. The molecular weight excluding hydrogens is 318 g/mol. The minimum absolute atomic E-state index is 0.127. The van der Waals surface area contributed by atoms with Crippen molar-refractivity contribution in [2.45, 2.75) is 26.0 Å². The number of aliphatic hydroxyl groups is 1. The molecule has 0 saturated heterocycles. The minimum atomic E-state index is -0.840. The molecule has 0 aliphatic heterocycles. The molecule has 0 aliphatic carbocycles. The molecule has 1 atom stereocenters. The highest BCUT2D eigenvalue weighted by Gasteiger charge is 2.21.